The topological polar surface area (TPSA) is 74.9 Å². The van der Waals surface area contributed by atoms with Crippen LogP contribution in [0.4, 0.5) is 5.69 Å². The van der Waals surface area contributed by atoms with Gasteiger partial charge in [-0.1, -0.05) is 0 Å². The minimum atomic E-state index is -1.05. The summed E-state index contributed by atoms with van der Waals surface area (Å²) in [5.74, 6) is 0.696. The van der Waals surface area contributed by atoms with Crippen LogP contribution < -0.4 is 15.0 Å². The number of nitrogens with one attached hydrogen (secondary N) is 1. The van der Waals surface area contributed by atoms with Gasteiger partial charge in [0, 0.05) is 61.0 Å². The van der Waals surface area contributed by atoms with Crippen LogP contribution in [0.1, 0.15) is 23.9 Å². The Balaban J connectivity index is 1.49. The number of piperazine rings is 1. The van der Waals surface area contributed by atoms with E-state index in [0.29, 0.717) is 23.1 Å². The third-order valence-electron chi connectivity index (χ3n) is 5.31. The zero-order valence-corrected chi connectivity index (χ0v) is 16.0. The molecule has 0 bridgehead atoms. The minimum Gasteiger partial charge on any atom is -0.460 e. The molecule has 0 radical (unpaired) electrons. The summed E-state index contributed by atoms with van der Waals surface area (Å²) in [6.07, 6.45) is 6.43. The van der Waals surface area contributed by atoms with Crippen molar-refractivity contribution in [3.8, 4) is 5.75 Å². The minimum absolute atomic E-state index is 0.455. The van der Waals surface area contributed by atoms with Crippen LogP contribution in [-0.4, -0.2) is 51.4 Å². The van der Waals surface area contributed by atoms with Crippen molar-refractivity contribution in [2.24, 2.45) is 0 Å². The molecule has 1 saturated heterocycles. The highest BCUT2D eigenvalue weighted by Gasteiger charge is 2.25. The van der Waals surface area contributed by atoms with Crippen molar-refractivity contribution in [1.29, 1.82) is 0 Å². The molecule has 0 aliphatic carbocycles. The highest BCUT2D eigenvalue weighted by Crippen LogP contribution is 2.36. The van der Waals surface area contributed by atoms with Crippen LogP contribution in [0.25, 0.3) is 17.3 Å². The van der Waals surface area contributed by atoms with Crippen molar-refractivity contribution in [3.05, 3.63) is 53.7 Å². The lowest BCUT2D eigenvalue weighted by molar-refractivity contribution is 0.0318. The van der Waals surface area contributed by atoms with Crippen LogP contribution in [0.2, 0.25) is 0 Å². The second-order valence-electron chi connectivity index (χ2n) is 7.51. The molecule has 1 fully saturated rings. The van der Waals surface area contributed by atoms with Crippen LogP contribution >= 0.6 is 0 Å². The predicted molar refractivity (Wildman–Crippen MR) is 108 cm³/mol. The smallest absolute Gasteiger partial charge is 0.226 e. The normalized spacial score (nSPS) is 22.0. The largest absolute Gasteiger partial charge is 0.460 e. The number of benzene rings is 1. The maximum atomic E-state index is 10.6. The molecule has 1 aromatic carbocycles. The average molecular weight is 377 g/mol. The summed E-state index contributed by atoms with van der Waals surface area (Å²) in [4.78, 5) is 11.2. The van der Waals surface area contributed by atoms with Crippen molar-refractivity contribution in [1.82, 2.24) is 19.7 Å². The summed E-state index contributed by atoms with van der Waals surface area (Å²) < 4.78 is 7.77. The number of rotatable bonds is 2. The molecule has 2 atom stereocenters. The van der Waals surface area contributed by atoms with E-state index in [1.807, 2.05) is 41.9 Å². The van der Waals surface area contributed by atoms with E-state index in [9.17, 15) is 5.11 Å². The van der Waals surface area contributed by atoms with Gasteiger partial charge in [-0.3, -0.25) is 4.98 Å². The van der Waals surface area contributed by atoms with Gasteiger partial charge >= 0.3 is 0 Å². The molecule has 0 amide bonds. The molecular formula is C21H23N5O2. The Labute approximate surface area is 163 Å². The predicted octanol–water partition coefficient (Wildman–Crippen LogP) is 2.09. The Bertz CT molecular complexity index is 1070. The molecule has 7 heteroatoms. The number of fused-ring (bicyclic) bond motifs is 2. The van der Waals surface area contributed by atoms with Crippen molar-refractivity contribution < 1.29 is 9.84 Å². The summed E-state index contributed by atoms with van der Waals surface area (Å²) in [7, 11) is 0. The highest BCUT2D eigenvalue weighted by atomic mass is 16.6. The number of hydrogen-bond acceptors (Lipinski definition) is 6. The Hall–Kier alpha value is -2.90. The first kappa shape index (κ1) is 17.2. The van der Waals surface area contributed by atoms with Crippen LogP contribution in [0, 0.1) is 6.92 Å². The molecule has 0 saturated carbocycles. The molecule has 2 aliphatic heterocycles. The van der Waals surface area contributed by atoms with E-state index in [4.69, 9.17) is 4.74 Å². The summed E-state index contributed by atoms with van der Waals surface area (Å²) in [5, 5.41) is 14.1. The molecule has 2 N–H and O–H groups in total. The van der Waals surface area contributed by atoms with E-state index < -0.39 is 6.29 Å². The number of aromatic nitrogens is 3. The second-order valence-corrected chi connectivity index (χ2v) is 7.51. The molecule has 7 nitrogen and oxygen atoms in total. The van der Waals surface area contributed by atoms with E-state index in [1.165, 1.54) is 0 Å². The van der Waals surface area contributed by atoms with E-state index in [0.717, 1.165) is 42.2 Å². The number of aliphatic hydroxyl groups is 1. The van der Waals surface area contributed by atoms with Gasteiger partial charge in [-0.25, -0.2) is 4.98 Å². The Kier molecular flexibility index (Phi) is 4.07. The number of aryl methyl sites for hydroxylation is 1. The number of imidazole rings is 1. The van der Waals surface area contributed by atoms with Gasteiger partial charge in [0.15, 0.2) is 5.65 Å². The van der Waals surface area contributed by atoms with E-state index >= 15 is 0 Å². The Morgan fingerprint density at radius 2 is 2.18 bits per heavy atom. The standard InChI is InChI=1S/C21H23N5O2/c1-13-10-25(6-5-22-13)16-4-3-15-7-17(21(27)28-19(15)8-16)18-12-26-11-14(2)23-9-20(26)24-18/h3-4,7-9,11-13,21-22,27H,5-6,10H2,1-2H3/t13-,21?/m0/s1. The lowest BCUT2D eigenvalue weighted by Gasteiger charge is -2.34. The lowest BCUT2D eigenvalue weighted by Crippen LogP contribution is -2.49. The highest BCUT2D eigenvalue weighted by molar-refractivity contribution is 5.86. The Morgan fingerprint density at radius 1 is 1.29 bits per heavy atom. The molecule has 1 unspecified atom stereocenters. The van der Waals surface area contributed by atoms with Gasteiger partial charge in [-0.15, -0.1) is 0 Å². The van der Waals surface area contributed by atoms with Gasteiger partial charge < -0.3 is 24.5 Å². The second kappa shape index (κ2) is 6.61. The quantitative estimate of drug-likeness (QED) is 0.712. The van der Waals surface area contributed by atoms with Crippen LogP contribution in [0.5, 0.6) is 5.75 Å². The number of nitrogens with zero attached hydrogens (tertiary/aromatic N) is 4. The van der Waals surface area contributed by atoms with E-state index in [2.05, 4.69) is 33.2 Å². The molecule has 5 rings (SSSR count). The van der Waals surface area contributed by atoms with Gasteiger partial charge in [0.2, 0.25) is 6.29 Å². The maximum absolute atomic E-state index is 10.6. The van der Waals surface area contributed by atoms with Gasteiger partial charge in [-0.05, 0) is 32.1 Å². The first-order valence-electron chi connectivity index (χ1n) is 9.57. The number of ether oxygens (including phenoxy) is 1. The Morgan fingerprint density at radius 3 is 3.04 bits per heavy atom. The molecule has 2 aliphatic rings. The van der Waals surface area contributed by atoms with Crippen LogP contribution in [0.3, 0.4) is 0 Å². The van der Waals surface area contributed by atoms with Crippen LogP contribution in [0.15, 0.2) is 36.8 Å². The van der Waals surface area contributed by atoms with Gasteiger partial charge in [0.05, 0.1) is 17.6 Å². The van der Waals surface area contributed by atoms with Crippen molar-refractivity contribution in [2.75, 3.05) is 24.5 Å². The summed E-state index contributed by atoms with van der Waals surface area (Å²) in [5.41, 5.74) is 5.04. The zero-order chi connectivity index (χ0) is 19.3. The van der Waals surface area contributed by atoms with Gasteiger partial charge in [0.25, 0.3) is 0 Å². The number of aliphatic hydroxyl groups excluding tert-OH is 1. The fourth-order valence-corrected chi connectivity index (χ4v) is 3.87. The molecule has 2 aromatic heterocycles. The number of anilines is 1. The molecule has 144 valence electrons. The summed E-state index contributed by atoms with van der Waals surface area (Å²) in [6, 6.07) is 6.63. The fraction of sp³-hybridized carbons (Fsp3) is 0.333. The van der Waals surface area contributed by atoms with E-state index in [-0.39, 0.29) is 0 Å². The van der Waals surface area contributed by atoms with E-state index in [1.54, 1.807) is 6.20 Å². The molecule has 0 spiro atoms. The summed E-state index contributed by atoms with van der Waals surface area (Å²) >= 11 is 0. The summed E-state index contributed by atoms with van der Waals surface area (Å²) in [6.45, 7) is 7.00. The van der Waals surface area contributed by atoms with Gasteiger partial charge in [-0.2, -0.15) is 0 Å². The third kappa shape index (κ3) is 3.02. The molecule has 28 heavy (non-hydrogen) atoms. The first-order chi connectivity index (χ1) is 13.6. The zero-order valence-electron chi connectivity index (χ0n) is 16.0. The van der Waals surface area contributed by atoms with Crippen molar-refractivity contribution >= 4 is 23.0 Å². The SMILES string of the molecule is Cc1cn2cc(C3=Cc4ccc(N5CCN[C@@H](C)C5)cc4OC3O)nc2cn1. The first-order valence-corrected chi connectivity index (χ1v) is 9.57. The molecule has 4 heterocycles. The molecule has 3 aromatic rings. The monoisotopic (exact) mass is 377 g/mol. The van der Waals surface area contributed by atoms with Crippen molar-refractivity contribution in [3.63, 3.8) is 0 Å². The third-order valence-corrected chi connectivity index (χ3v) is 5.31. The molecular weight excluding hydrogens is 354 g/mol. The average Bonchev–Trinajstić information content (AvgIpc) is 3.10. The number of hydrogen-bond donors (Lipinski definition) is 2. The fourth-order valence-electron chi connectivity index (χ4n) is 3.87. The lowest BCUT2D eigenvalue weighted by atomic mass is 10.0. The van der Waals surface area contributed by atoms with Gasteiger partial charge in [0.1, 0.15) is 5.75 Å². The van der Waals surface area contributed by atoms with Crippen LogP contribution in [-0.2, 0) is 0 Å². The van der Waals surface area contributed by atoms with Crippen molar-refractivity contribution in [2.45, 2.75) is 26.2 Å². The maximum Gasteiger partial charge on any atom is 0.226 e.